The highest BCUT2D eigenvalue weighted by molar-refractivity contribution is 7.89. The molecule has 10 heteroatoms. The summed E-state index contributed by atoms with van der Waals surface area (Å²) in [5.74, 6) is 0.452. The van der Waals surface area contributed by atoms with Crippen molar-refractivity contribution < 1.29 is 13.5 Å². The number of fused-ring (bicyclic) bond motifs is 1. The predicted octanol–water partition coefficient (Wildman–Crippen LogP) is 3.61. The Morgan fingerprint density at radius 3 is 2.37 bits per heavy atom. The van der Waals surface area contributed by atoms with E-state index in [1.165, 1.54) is 4.31 Å². The standard InChI is InChI=1S/C25H24ClN5O3S/c1-17(32)24-16-30(35(33,34)23-5-3-19-12-22(26)4-2-20(19)13-23)10-11-31(24)25-28-14-21(15-29-25)18-6-8-27-9-7-18/h2-9,12-15,17,24,32H,10-11,16H2,1H3. The minimum atomic E-state index is -3.76. The second kappa shape index (κ2) is 9.50. The summed E-state index contributed by atoms with van der Waals surface area (Å²) in [6.07, 6.45) is 6.06. The lowest BCUT2D eigenvalue weighted by Gasteiger charge is -2.42. The fourth-order valence-electron chi connectivity index (χ4n) is 4.33. The summed E-state index contributed by atoms with van der Waals surface area (Å²) in [7, 11) is -3.76. The van der Waals surface area contributed by atoms with E-state index in [2.05, 4.69) is 15.0 Å². The van der Waals surface area contributed by atoms with E-state index in [0.717, 1.165) is 21.9 Å². The van der Waals surface area contributed by atoms with Crippen LogP contribution in [-0.4, -0.2) is 64.6 Å². The number of aliphatic hydroxyl groups is 1. The topological polar surface area (TPSA) is 99.5 Å². The molecule has 2 unspecified atom stereocenters. The molecule has 1 fully saturated rings. The molecule has 1 aliphatic rings. The number of anilines is 1. The maximum atomic E-state index is 13.5. The highest BCUT2D eigenvalue weighted by Crippen LogP contribution is 2.28. The number of halogens is 1. The molecule has 35 heavy (non-hydrogen) atoms. The molecule has 1 aliphatic heterocycles. The number of hydrogen-bond donors (Lipinski definition) is 1. The van der Waals surface area contributed by atoms with Crippen LogP contribution in [0.25, 0.3) is 21.9 Å². The quantitative estimate of drug-likeness (QED) is 0.438. The van der Waals surface area contributed by atoms with E-state index in [0.29, 0.717) is 17.5 Å². The first-order valence-corrected chi connectivity index (χ1v) is 13.0. The highest BCUT2D eigenvalue weighted by atomic mass is 35.5. The zero-order valence-corrected chi connectivity index (χ0v) is 20.6. The molecular formula is C25H24ClN5O3S. The van der Waals surface area contributed by atoms with Gasteiger partial charge >= 0.3 is 0 Å². The van der Waals surface area contributed by atoms with Gasteiger partial charge < -0.3 is 10.0 Å². The van der Waals surface area contributed by atoms with Crippen LogP contribution in [0.2, 0.25) is 5.02 Å². The van der Waals surface area contributed by atoms with Crippen molar-refractivity contribution in [3.05, 3.63) is 78.3 Å². The van der Waals surface area contributed by atoms with Crippen LogP contribution >= 0.6 is 11.6 Å². The van der Waals surface area contributed by atoms with E-state index in [4.69, 9.17) is 11.6 Å². The van der Waals surface area contributed by atoms with Crippen LogP contribution < -0.4 is 4.90 Å². The summed E-state index contributed by atoms with van der Waals surface area (Å²) in [6.45, 7) is 2.37. The van der Waals surface area contributed by atoms with Gasteiger partial charge in [-0.05, 0) is 59.7 Å². The maximum absolute atomic E-state index is 13.5. The van der Waals surface area contributed by atoms with Gasteiger partial charge in [-0.2, -0.15) is 4.31 Å². The summed E-state index contributed by atoms with van der Waals surface area (Å²) in [6, 6.07) is 13.6. The van der Waals surface area contributed by atoms with Crippen LogP contribution in [0.1, 0.15) is 6.92 Å². The second-order valence-corrected chi connectivity index (χ2v) is 10.9. The largest absolute Gasteiger partial charge is 0.391 e. The zero-order chi connectivity index (χ0) is 24.6. The van der Waals surface area contributed by atoms with Crippen molar-refractivity contribution in [1.82, 2.24) is 19.3 Å². The van der Waals surface area contributed by atoms with Crippen LogP contribution in [0.5, 0.6) is 0 Å². The molecule has 4 aromatic rings. The minimum absolute atomic E-state index is 0.119. The monoisotopic (exact) mass is 509 g/mol. The molecule has 2 atom stereocenters. The number of pyridine rings is 1. The average molecular weight is 510 g/mol. The molecule has 8 nitrogen and oxygen atoms in total. The van der Waals surface area contributed by atoms with Gasteiger partial charge in [-0.3, -0.25) is 4.98 Å². The van der Waals surface area contributed by atoms with Gasteiger partial charge in [-0.1, -0.05) is 23.7 Å². The number of aromatic nitrogens is 3. The summed E-state index contributed by atoms with van der Waals surface area (Å²) in [5, 5.41) is 12.8. The van der Waals surface area contributed by atoms with Crippen molar-refractivity contribution >= 4 is 38.3 Å². The highest BCUT2D eigenvalue weighted by Gasteiger charge is 2.37. The van der Waals surface area contributed by atoms with Gasteiger partial charge in [0.15, 0.2) is 0 Å². The van der Waals surface area contributed by atoms with Crippen molar-refractivity contribution in [1.29, 1.82) is 0 Å². The molecule has 0 radical (unpaired) electrons. The maximum Gasteiger partial charge on any atom is 0.243 e. The van der Waals surface area contributed by atoms with E-state index in [1.807, 2.05) is 17.0 Å². The number of nitrogens with zero attached hydrogens (tertiary/aromatic N) is 5. The molecule has 180 valence electrons. The lowest BCUT2D eigenvalue weighted by molar-refractivity contribution is 0.134. The van der Waals surface area contributed by atoms with Crippen molar-refractivity contribution in [3.63, 3.8) is 0 Å². The molecule has 0 spiro atoms. The number of benzene rings is 2. The first-order chi connectivity index (χ1) is 16.8. The molecule has 2 aromatic heterocycles. The lowest BCUT2D eigenvalue weighted by Crippen LogP contribution is -2.59. The van der Waals surface area contributed by atoms with Gasteiger partial charge in [0.05, 0.1) is 17.0 Å². The van der Waals surface area contributed by atoms with E-state index >= 15 is 0 Å². The molecule has 0 amide bonds. The third-order valence-electron chi connectivity index (χ3n) is 6.26. The molecule has 1 saturated heterocycles. The first-order valence-electron chi connectivity index (χ1n) is 11.2. The second-order valence-electron chi connectivity index (χ2n) is 8.53. The van der Waals surface area contributed by atoms with Gasteiger partial charge in [-0.25, -0.2) is 18.4 Å². The van der Waals surface area contributed by atoms with Crippen molar-refractivity contribution in [2.75, 3.05) is 24.5 Å². The van der Waals surface area contributed by atoms with Gasteiger partial charge in [0.1, 0.15) is 0 Å². The summed E-state index contributed by atoms with van der Waals surface area (Å²) in [4.78, 5) is 15.1. The summed E-state index contributed by atoms with van der Waals surface area (Å²) >= 11 is 6.05. The predicted molar refractivity (Wildman–Crippen MR) is 136 cm³/mol. The Bertz CT molecular complexity index is 1450. The third kappa shape index (κ3) is 4.72. The van der Waals surface area contributed by atoms with Crippen molar-refractivity contribution in [2.24, 2.45) is 0 Å². The fraction of sp³-hybridized carbons (Fsp3) is 0.240. The fourth-order valence-corrected chi connectivity index (χ4v) is 6.00. The SMILES string of the molecule is CC(O)C1CN(S(=O)(=O)c2ccc3cc(Cl)ccc3c2)CCN1c1ncc(-c2ccncc2)cn1. The number of piperazine rings is 1. The Morgan fingerprint density at radius 2 is 1.66 bits per heavy atom. The van der Waals surface area contributed by atoms with Gasteiger partial charge in [-0.15, -0.1) is 0 Å². The van der Waals surface area contributed by atoms with E-state index in [9.17, 15) is 13.5 Å². The molecule has 0 aliphatic carbocycles. The molecule has 2 aromatic carbocycles. The van der Waals surface area contributed by atoms with Crippen LogP contribution in [0, 0.1) is 0 Å². The number of sulfonamides is 1. The van der Waals surface area contributed by atoms with Gasteiger partial charge in [0, 0.05) is 55.0 Å². The average Bonchev–Trinajstić information content (AvgIpc) is 2.88. The van der Waals surface area contributed by atoms with E-state index in [-0.39, 0.29) is 18.0 Å². The normalized spacial score (nSPS) is 18.0. The third-order valence-corrected chi connectivity index (χ3v) is 8.35. The van der Waals surface area contributed by atoms with Gasteiger partial charge in [0.2, 0.25) is 16.0 Å². The molecule has 5 rings (SSSR count). The minimum Gasteiger partial charge on any atom is -0.391 e. The van der Waals surface area contributed by atoms with Crippen LogP contribution in [0.3, 0.4) is 0 Å². The zero-order valence-electron chi connectivity index (χ0n) is 19.0. The van der Waals surface area contributed by atoms with Gasteiger partial charge in [0.25, 0.3) is 0 Å². The molecule has 3 heterocycles. The molecule has 0 saturated carbocycles. The Balaban J connectivity index is 1.38. The molecule has 1 N–H and O–H groups in total. The molecule has 0 bridgehead atoms. The summed E-state index contributed by atoms with van der Waals surface area (Å²) < 4.78 is 28.4. The first kappa shape index (κ1) is 23.6. The van der Waals surface area contributed by atoms with Crippen LogP contribution in [-0.2, 0) is 10.0 Å². The van der Waals surface area contributed by atoms with Crippen molar-refractivity contribution in [2.45, 2.75) is 24.0 Å². The molecular weight excluding hydrogens is 486 g/mol. The Hall–Kier alpha value is -3.11. The Morgan fingerprint density at radius 1 is 0.971 bits per heavy atom. The van der Waals surface area contributed by atoms with E-state index in [1.54, 1.807) is 68.1 Å². The number of rotatable bonds is 5. The lowest BCUT2D eigenvalue weighted by atomic mass is 10.1. The van der Waals surface area contributed by atoms with Crippen LogP contribution in [0.4, 0.5) is 5.95 Å². The van der Waals surface area contributed by atoms with Crippen LogP contribution in [0.15, 0.2) is 78.2 Å². The van der Waals surface area contributed by atoms with E-state index < -0.39 is 22.2 Å². The van der Waals surface area contributed by atoms with Crippen molar-refractivity contribution in [3.8, 4) is 11.1 Å². The number of hydrogen-bond acceptors (Lipinski definition) is 7. The summed E-state index contributed by atoms with van der Waals surface area (Å²) in [5.41, 5.74) is 1.80. The Kier molecular flexibility index (Phi) is 6.41. The smallest absolute Gasteiger partial charge is 0.243 e. The Labute approximate surface area is 208 Å². The number of aliphatic hydroxyl groups excluding tert-OH is 1.